The summed E-state index contributed by atoms with van der Waals surface area (Å²) >= 11 is 0. The number of hydrogen-bond acceptors (Lipinski definition) is 1. The molecule has 16 heavy (non-hydrogen) atoms. The molecule has 1 nitrogen and oxygen atoms in total. The third kappa shape index (κ3) is 1.75. The zero-order valence-corrected chi connectivity index (χ0v) is 10.9. The molecule has 0 saturated heterocycles. The minimum Gasteiger partial charge on any atom is -0.488 e. The fourth-order valence-corrected chi connectivity index (χ4v) is 2.86. The smallest absolute Gasteiger partial charge is 0.128 e. The van der Waals surface area contributed by atoms with Gasteiger partial charge in [-0.05, 0) is 22.5 Å². The Hall–Kier alpha value is -0.900. The lowest BCUT2D eigenvalue weighted by Gasteiger charge is -2.05. The van der Waals surface area contributed by atoms with Gasteiger partial charge in [0.25, 0.3) is 0 Å². The van der Waals surface area contributed by atoms with Crippen LogP contribution >= 0.6 is 17.2 Å². The van der Waals surface area contributed by atoms with E-state index in [4.69, 9.17) is 4.74 Å². The first-order chi connectivity index (χ1) is 7.86. The highest BCUT2D eigenvalue weighted by molar-refractivity contribution is 8.06. The Labute approximate surface area is 99.1 Å². The lowest BCUT2D eigenvalue weighted by molar-refractivity contribution is 0.329. The number of ether oxygens (including phenoxy) is 1. The van der Waals surface area contributed by atoms with Crippen LogP contribution in [0.1, 0.15) is 5.56 Å². The van der Waals surface area contributed by atoms with E-state index >= 15 is 0 Å². The first kappa shape index (κ1) is 10.3. The van der Waals surface area contributed by atoms with E-state index in [0.717, 1.165) is 20.6 Å². The third-order valence-electron chi connectivity index (χ3n) is 2.80. The van der Waals surface area contributed by atoms with E-state index in [1.165, 1.54) is 22.0 Å². The predicted molar refractivity (Wildman–Crippen MR) is 73.9 cm³/mol. The highest BCUT2D eigenvalue weighted by atomic mass is 32.0. The van der Waals surface area contributed by atoms with Crippen molar-refractivity contribution in [2.45, 2.75) is 6.61 Å². The Morgan fingerprint density at radius 2 is 1.88 bits per heavy atom. The molecule has 1 heterocycles. The predicted octanol–water partition coefficient (Wildman–Crippen LogP) is 3.34. The molecule has 2 atom stereocenters. The minimum absolute atomic E-state index is 0.723. The SMILES string of the molecule is PPc1ccc(-c2ccc3cc2OC3)cc1. The van der Waals surface area contributed by atoms with E-state index in [2.05, 4.69) is 51.4 Å². The summed E-state index contributed by atoms with van der Waals surface area (Å²) in [6, 6.07) is 15.1. The molecule has 0 radical (unpaired) electrons. The molecule has 3 heteroatoms. The molecule has 1 aliphatic heterocycles. The molecule has 0 spiro atoms. The number of benzene rings is 2. The first-order valence-electron chi connectivity index (χ1n) is 5.19. The normalized spacial score (nSPS) is 13.3. The molecule has 0 aromatic heterocycles. The van der Waals surface area contributed by atoms with Crippen molar-refractivity contribution >= 4 is 22.5 Å². The van der Waals surface area contributed by atoms with Crippen molar-refractivity contribution in [1.29, 1.82) is 0 Å². The third-order valence-corrected chi connectivity index (χ3v) is 4.47. The van der Waals surface area contributed by atoms with Gasteiger partial charge in [0, 0.05) is 5.56 Å². The van der Waals surface area contributed by atoms with Gasteiger partial charge in [-0.1, -0.05) is 44.7 Å². The maximum absolute atomic E-state index is 5.62. The van der Waals surface area contributed by atoms with Crippen molar-refractivity contribution in [3.8, 4) is 16.9 Å². The van der Waals surface area contributed by atoms with Crippen LogP contribution < -0.4 is 10.0 Å². The van der Waals surface area contributed by atoms with Gasteiger partial charge in [-0.15, -0.1) is 8.93 Å². The molecule has 0 N–H and O–H groups in total. The molecule has 3 rings (SSSR count). The zero-order chi connectivity index (χ0) is 11.0. The molecule has 80 valence electrons. The Morgan fingerprint density at radius 3 is 2.62 bits per heavy atom. The van der Waals surface area contributed by atoms with Crippen LogP contribution in [0.2, 0.25) is 0 Å². The molecule has 0 amide bonds. The van der Waals surface area contributed by atoms with Gasteiger partial charge in [-0.3, -0.25) is 0 Å². The fraction of sp³-hybridized carbons (Fsp3) is 0.0769. The van der Waals surface area contributed by atoms with Crippen LogP contribution in [0.25, 0.3) is 11.1 Å². The molecular weight excluding hydrogens is 234 g/mol. The van der Waals surface area contributed by atoms with E-state index in [1.54, 1.807) is 0 Å². The Morgan fingerprint density at radius 1 is 1.06 bits per heavy atom. The molecule has 0 saturated carbocycles. The van der Waals surface area contributed by atoms with Crippen molar-refractivity contribution in [2.24, 2.45) is 0 Å². The number of hydrogen-bond donors (Lipinski definition) is 0. The van der Waals surface area contributed by atoms with Crippen molar-refractivity contribution < 1.29 is 4.74 Å². The van der Waals surface area contributed by atoms with Crippen molar-refractivity contribution in [3.63, 3.8) is 0 Å². The van der Waals surface area contributed by atoms with E-state index in [0.29, 0.717) is 0 Å². The summed E-state index contributed by atoms with van der Waals surface area (Å²) in [7, 11) is 3.55. The summed E-state index contributed by atoms with van der Waals surface area (Å²) in [4.78, 5) is 0. The highest BCUT2D eigenvalue weighted by Gasteiger charge is 2.13. The lowest BCUT2D eigenvalue weighted by Crippen LogP contribution is -1.90. The topological polar surface area (TPSA) is 9.23 Å². The average molecular weight is 246 g/mol. The van der Waals surface area contributed by atoms with Gasteiger partial charge in [0.1, 0.15) is 12.4 Å². The second-order valence-electron chi connectivity index (χ2n) is 3.84. The van der Waals surface area contributed by atoms with E-state index < -0.39 is 0 Å². The summed E-state index contributed by atoms with van der Waals surface area (Å²) in [6.07, 6.45) is 0. The van der Waals surface area contributed by atoms with Crippen molar-refractivity contribution in [3.05, 3.63) is 48.0 Å². The zero-order valence-electron chi connectivity index (χ0n) is 8.73. The van der Waals surface area contributed by atoms with Crippen LogP contribution in [0.15, 0.2) is 42.5 Å². The van der Waals surface area contributed by atoms with Crippen LogP contribution in [0, 0.1) is 0 Å². The summed E-state index contributed by atoms with van der Waals surface area (Å²) < 4.78 is 5.62. The van der Waals surface area contributed by atoms with Crippen LogP contribution in [0.3, 0.4) is 0 Å². The van der Waals surface area contributed by atoms with Gasteiger partial charge in [-0.2, -0.15) is 0 Å². The van der Waals surface area contributed by atoms with Gasteiger partial charge in [-0.25, -0.2) is 0 Å². The summed E-state index contributed by atoms with van der Waals surface area (Å²) in [5, 5.41) is 1.36. The lowest BCUT2D eigenvalue weighted by atomic mass is 10.0. The standard InChI is InChI=1S/C13H12OP2/c15-16-11-4-2-10(3-5-11)12-6-1-9-7-13(12)14-8-9/h1-7,16H,8,15H2. The second kappa shape index (κ2) is 4.17. The van der Waals surface area contributed by atoms with Gasteiger partial charge in [0.2, 0.25) is 0 Å². The Bertz CT molecular complexity index is 520. The maximum atomic E-state index is 5.62. The fourth-order valence-electron chi connectivity index (χ4n) is 1.92. The molecule has 2 unspecified atom stereocenters. The average Bonchev–Trinajstić information content (AvgIpc) is 2.72. The molecule has 2 bridgehead atoms. The van der Waals surface area contributed by atoms with Crippen LogP contribution in [-0.4, -0.2) is 0 Å². The second-order valence-corrected chi connectivity index (χ2v) is 5.57. The first-order valence-corrected chi connectivity index (χ1v) is 8.00. The van der Waals surface area contributed by atoms with Crippen LogP contribution in [-0.2, 0) is 6.61 Å². The van der Waals surface area contributed by atoms with Gasteiger partial charge < -0.3 is 4.74 Å². The monoisotopic (exact) mass is 246 g/mol. The highest BCUT2D eigenvalue weighted by Crippen LogP contribution is 2.35. The quantitative estimate of drug-likeness (QED) is 0.738. The minimum atomic E-state index is 0.723. The number of fused-ring (bicyclic) bond motifs is 2. The molecule has 0 fully saturated rings. The number of rotatable bonds is 2. The van der Waals surface area contributed by atoms with E-state index in [1.807, 2.05) is 0 Å². The Balaban J connectivity index is 2.03. The maximum Gasteiger partial charge on any atom is 0.128 e. The molecule has 2 aromatic carbocycles. The molecule has 0 aliphatic carbocycles. The summed E-state index contributed by atoms with van der Waals surface area (Å²) in [5.41, 5.74) is 3.69. The van der Waals surface area contributed by atoms with Crippen molar-refractivity contribution in [2.75, 3.05) is 0 Å². The van der Waals surface area contributed by atoms with Gasteiger partial charge >= 0.3 is 0 Å². The van der Waals surface area contributed by atoms with Gasteiger partial charge in [0.05, 0.1) is 0 Å². The molecule has 2 aromatic rings. The largest absolute Gasteiger partial charge is 0.488 e. The summed E-state index contributed by atoms with van der Waals surface area (Å²) in [6.45, 7) is 0.723. The van der Waals surface area contributed by atoms with E-state index in [-0.39, 0.29) is 0 Å². The summed E-state index contributed by atoms with van der Waals surface area (Å²) in [5.74, 6) is 1.01. The van der Waals surface area contributed by atoms with Crippen LogP contribution in [0.4, 0.5) is 0 Å². The molecule has 1 aliphatic rings. The Kier molecular flexibility index (Phi) is 2.67. The molecular formula is C13H12OP2. The van der Waals surface area contributed by atoms with Gasteiger partial charge in [0.15, 0.2) is 0 Å². The van der Waals surface area contributed by atoms with Crippen LogP contribution in [0.5, 0.6) is 5.75 Å². The van der Waals surface area contributed by atoms with Crippen molar-refractivity contribution in [1.82, 2.24) is 0 Å². The van der Waals surface area contributed by atoms with E-state index in [9.17, 15) is 0 Å².